The van der Waals surface area contributed by atoms with Gasteiger partial charge in [0.15, 0.2) is 12.4 Å². The predicted molar refractivity (Wildman–Crippen MR) is 182 cm³/mol. The van der Waals surface area contributed by atoms with E-state index < -0.39 is 29.9 Å². The van der Waals surface area contributed by atoms with E-state index in [4.69, 9.17) is 18.9 Å². The van der Waals surface area contributed by atoms with Gasteiger partial charge in [-0.1, -0.05) is 41.0 Å². The fraction of sp³-hybridized carbons (Fsp3) is 0.975. The second kappa shape index (κ2) is 11.1. The lowest BCUT2D eigenvalue weighted by atomic mass is 9.41. The van der Waals surface area contributed by atoms with Crippen LogP contribution in [0.2, 0.25) is 0 Å². The molecule has 8 aliphatic rings. The quantitative estimate of drug-likeness (QED) is 0.327. The highest BCUT2D eigenvalue weighted by Crippen LogP contribution is 2.89. The zero-order chi connectivity index (χ0) is 34.2. The summed E-state index contributed by atoms with van der Waals surface area (Å²) in [5, 5.41) is 23.6. The molecule has 0 bridgehead atoms. The number of nitrogens with zero attached hydrogens (tertiary/aromatic N) is 1. The van der Waals surface area contributed by atoms with Crippen molar-refractivity contribution in [1.82, 2.24) is 4.90 Å². The fourth-order valence-corrected chi connectivity index (χ4v) is 14.6. The summed E-state index contributed by atoms with van der Waals surface area (Å²) in [6, 6.07) is 0.730. The van der Waals surface area contributed by atoms with Gasteiger partial charge in [-0.2, -0.15) is 0 Å². The van der Waals surface area contributed by atoms with E-state index in [1.165, 1.54) is 51.9 Å². The van der Waals surface area contributed by atoms with Crippen molar-refractivity contribution in [2.75, 3.05) is 19.7 Å². The molecule has 1 unspecified atom stereocenters. The molecule has 8 heteroatoms. The van der Waals surface area contributed by atoms with E-state index in [1.807, 2.05) is 0 Å². The molecule has 8 nitrogen and oxygen atoms in total. The first-order valence-electron chi connectivity index (χ1n) is 19.7. The van der Waals surface area contributed by atoms with Crippen molar-refractivity contribution >= 4 is 5.97 Å². The Bertz CT molecular complexity index is 1280. The summed E-state index contributed by atoms with van der Waals surface area (Å²) in [5.74, 6) is 1.18. The SMILES string of the molecule is CC(=O)O[C@@H]([C@H]1C[C@@H](C)[C@H]2[C@H](O1)[C@H](O)[C@@]1(C)[C@@H]3CC[C@H]4C(C)(C)[C@@H](O[C@H]5CN(C6CCC6)CCO5)CCC45C[C@@]35CC[C@]21C)C(C)(C)O. The van der Waals surface area contributed by atoms with Crippen LogP contribution in [0.15, 0.2) is 0 Å². The van der Waals surface area contributed by atoms with Crippen molar-refractivity contribution in [2.24, 2.45) is 50.7 Å². The van der Waals surface area contributed by atoms with Gasteiger partial charge in [0.2, 0.25) is 0 Å². The van der Waals surface area contributed by atoms with E-state index in [-0.39, 0.29) is 52.0 Å². The maximum Gasteiger partial charge on any atom is 0.303 e. The molecule has 48 heavy (non-hydrogen) atoms. The van der Waals surface area contributed by atoms with Crippen LogP contribution < -0.4 is 0 Å². The highest BCUT2D eigenvalue weighted by atomic mass is 16.7. The van der Waals surface area contributed by atoms with Crippen LogP contribution in [0.4, 0.5) is 0 Å². The monoisotopic (exact) mass is 671 g/mol. The minimum atomic E-state index is -1.25. The van der Waals surface area contributed by atoms with Crippen LogP contribution in [0.25, 0.3) is 0 Å². The van der Waals surface area contributed by atoms with Gasteiger partial charge in [0.25, 0.3) is 0 Å². The van der Waals surface area contributed by atoms with Gasteiger partial charge in [-0.05, 0) is 123 Å². The molecule has 0 aromatic carbocycles. The Morgan fingerprint density at radius 2 is 1.71 bits per heavy atom. The zero-order valence-corrected chi connectivity index (χ0v) is 31.1. The number of fused-ring (bicyclic) bond motifs is 4. The summed E-state index contributed by atoms with van der Waals surface area (Å²) >= 11 is 0. The van der Waals surface area contributed by atoms with Gasteiger partial charge in [-0.25, -0.2) is 0 Å². The summed E-state index contributed by atoms with van der Waals surface area (Å²) in [6.07, 6.45) is 11.0. The van der Waals surface area contributed by atoms with Crippen molar-refractivity contribution in [3.05, 3.63) is 0 Å². The van der Waals surface area contributed by atoms with Crippen LogP contribution in [0.5, 0.6) is 0 Å². The molecule has 8 rings (SSSR count). The van der Waals surface area contributed by atoms with Crippen LogP contribution in [0.1, 0.15) is 126 Å². The average molecular weight is 672 g/mol. The third-order valence-electron chi connectivity index (χ3n) is 17.1. The number of hydrogen-bond donors (Lipinski definition) is 2. The highest BCUT2D eigenvalue weighted by Gasteiger charge is 2.84. The molecule has 6 saturated carbocycles. The van der Waals surface area contributed by atoms with Gasteiger partial charge >= 0.3 is 5.97 Å². The molecule has 2 heterocycles. The Hall–Kier alpha value is -0.770. The molecule has 2 saturated heterocycles. The van der Waals surface area contributed by atoms with Crippen LogP contribution in [0.3, 0.4) is 0 Å². The van der Waals surface area contributed by atoms with E-state index in [1.54, 1.807) is 13.8 Å². The number of ether oxygens (including phenoxy) is 4. The molecule has 2 spiro atoms. The molecular formula is C40H65NO7. The van der Waals surface area contributed by atoms with Gasteiger partial charge in [-0.15, -0.1) is 0 Å². The molecule has 8 fully saturated rings. The number of carbonyl (C=O) groups excluding carboxylic acids is 1. The molecule has 0 radical (unpaired) electrons. The van der Waals surface area contributed by atoms with E-state index in [0.29, 0.717) is 23.7 Å². The lowest BCUT2D eigenvalue weighted by Crippen LogP contribution is -2.60. The number of aliphatic hydroxyl groups excluding tert-OH is 1. The largest absolute Gasteiger partial charge is 0.457 e. The molecular weight excluding hydrogens is 606 g/mol. The number of morpholine rings is 1. The zero-order valence-electron chi connectivity index (χ0n) is 31.1. The smallest absolute Gasteiger partial charge is 0.303 e. The normalized spacial score (nSPS) is 52.1. The number of esters is 1. The van der Waals surface area contributed by atoms with Crippen LogP contribution in [-0.4, -0.2) is 89.2 Å². The average Bonchev–Trinajstić information content (AvgIpc) is 3.61. The van der Waals surface area contributed by atoms with E-state index in [2.05, 4.69) is 39.5 Å². The Balaban J connectivity index is 1.03. The van der Waals surface area contributed by atoms with Crippen LogP contribution >= 0.6 is 0 Å². The number of rotatable bonds is 6. The van der Waals surface area contributed by atoms with Crippen LogP contribution in [0, 0.1) is 50.7 Å². The maximum atomic E-state index is 12.6. The number of carbonyl (C=O) groups is 1. The predicted octanol–water partition coefficient (Wildman–Crippen LogP) is 6.10. The van der Waals surface area contributed by atoms with E-state index in [0.717, 1.165) is 45.0 Å². The molecule has 2 N–H and O–H groups in total. The van der Waals surface area contributed by atoms with Gasteiger partial charge in [-0.3, -0.25) is 9.69 Å². The Morgan fingerprint density at radius 3 is 2.38 bits per heavy atom. The number of aliphatic hydroxyl groups is 2. The third kappa shape index (κ3) is 4.56. The van der Waals surface area contributed by atoms with Crippen molar-refractivity contribution in [3.8, 4) is 0 Å². The van der Waals surface area contributed by atoms with Gasteiger partial charge in [0.05, 0.1) is 36.6 Å². The Morgan fingerprint density at radius 1 is 1.00 bits per heavy atom. The molecule has 2 aliphatic heterocycles. The minimum Gasteiger partial charge on any atom is -0.457 e. The molecule has 272 valence electrons. The third-order valence-corrected chi connectivity index (χ3v) is 17.1. The standard InChI is InChI=1S/C40H65NO7/c1-23-20-26(34(36(5,6)44)46-24(2)42)47-32-31(23)37(7)16-17-40-22-39(40)15-14-29(48-30-21-41(18-19-45-30)25-10-9-11-25)35(3,4)27(39)12-13-28(40)38(37,8)33(32)43/h23,25-34,43-44H,9-22H2,1-8H3/t23-,26-,27+,28+,29+,30+,31+,32+,33+,34+,37-,38-,39?,40+/m1/s1. The highest BCUT2D eigenvalue weighted by molar-refractivity contribution is 5.66. The first kappa shape index (κ1) is 34.3. The van der Waals surface area contributed by atoms with E-state index in [9.17, 15) is 15.0 Å². The van der Waals surface area contributed by atoms with Crippen molar-refractivity contribution in [1.29, 1.82) is 0 Å². The summed E-state index contributed by atoms with van der Waals surface area (Å²) in [5.41, 5.74) is -0.864. The molecule has 6 aliphatic carbocycles. The van der Waals surface area contributed by atoms with Crippen molar-refractivity contribution in [3.63, 3.8) is 0 Å². The summed E-state index contributed by atoms with van der Waals surface area (Å²) in [6.45, 7) is 19.7. The second-order valence-electron chi connectivity index (χ2n) is 19.7. The summed E-state index contributed by atoms with van der Waals surface area (Å²) in [4.78, 5) is 14.7. The number of hydrogen-bond acceptors (Lipinski definition) is 8. The fourth-order valence-electron chi connectivity index (χ4n) is 14.6. The maximum absolute atomic E-state index is 12.6. The van der Waals surface area contributed by atoms with Gasteiger partial charge in [0.1, 0.15) is 0 Å². The lowest BCUT2D eigenvalue weighted by Gasteiger charge is -2.64. The summed E-state index contributed by atoms with van der Waals surface area (Å²) in [7, 11) is 0. The molecule has 14 atom stereocenters. The second-order valence-corrected chi connectivity index (χ2v) is 19.7. The topological polar surface area (TPSA) is 97.7 Å². The van der Waals surface area contributed by atoms with Gasteiger partial charge in [0, 0.05) is 31.5 Å². The minimum absolute atomic E-state index is 0.0415. The Labute approximate surface area is 289 Å². The van der Waals surface area contributed by atoms with E-state index >= 15 is 0 Å². The Kier molecular flexibility index (Phi) is 7.95. The summed E-state index contributed by atoms with van der Waals surface area (Å²) < 4.78 is 25.8. The van der Waals surface area contributed by atoms with Crippen molar-refractivity contribution < 1.29 is 34.0 Å². The van der Waals surface area contributed by atoms with Crippen molar-refractivity contribution in [2.45, 2.75) is 174 Å². The molecule has 0 aromatic rings. The molecule has 0 amide bonds. The lowest BCUT2D eigenvalue weighted by molar-refractivity contribution is -0.252. The first-order chi connectivity index (χ1) is 22.5. The van der Waals surface area contributed by atoms with Crippen LogP contribution in [-0.2, 0) is 23.7 Å². The molecule has 0 aromatic heterocycles. The first-order valence-corrected chi connectivity index (χ1v) is 19.7. The van der Waals surface area contributed by atoms with Gasteiger partial charge < -0.3 is 29.2 Å².